The Hall–Kier alpha value is -1.62. The van der Waals surface area contributed by atoms with Gasteiger partial charge in [0.25, 0.3) is 0 Å². The Kier molecular flexibility index (Phi) is 4.44. The minimum Gasteiger partial charge on any atom is -0.377 e. The number of hydrogen-bond acceptors (Lipinski definition) is 2. The molecule has 136 valence electrons. The molecule has 1 saturated heterocycles. The monoisotopic (exact) mass is 345 g/mol. The zero-order valence-corrected chi connectivity index (χ0v) is 15.2. The number of rotatable bonds is 3. The second kappa shape index (κ2) is 6.60. The van der Waals surface area contributed by atoms with Crippen molar-refractivity contribution in [3.05, 3.63) is 35.6 Å². The normalized spacial score (nSPS) is 30.2. The molecule has 1 N–H and O–H groups in total. The summed E-state index contributed by atoms with van der Waals surface area (Å²) in [4.78, 5) is 6.63. The van der Waals surface area contributed by atoms with Gasteiger partial charge in [0.2, 0.25) is 0 Å². The summed E-state index contributed by atoms with van der Waals surface area (Å²) in [6.07, 6.45) is 6.77. The summed E-state index contributed by atoms with van der Waals surface area (Å²) in [5.41, 5.74) is 1.39. The smallest absolute Gasteiger partial charge is 0.193 e. The Morgan fingerprint density at radius 3 is 2.72 bits per heavy atom. The Morgan fingerprint density at radius 1 is 1.32 bits per heavy atom. The fourth-order valence-corrected chi connectivity index (χ4v) is 5.33. The van der Waals surface area contributed by atoms with E-state index >= 15 is 0 Å². The summed E-state index contributed by atoms with van der Waals surface area (Å²) in [7, 11) is 3.88. The Balaban J connectivity index is 1.45. The molecule has 4 rings (SSSR count). The highest BCUT2D eigenvalue weighted by molar-refractivity contribution is 5.80. The van der Waals surface area contributed by atoms with Crippen molar-refractivity contribution in [3.8, 4) is 0 Å². The lowest BCUT2D eigenvalue weighted by atomic mass is 9.54. The lowest BCUT2D eigenvalue weighted by Gasteiger charge is -2.57. The van der Waals surface area contributed by atoms with E-state index in [0.717, 1.165) is 24.6 Å². The van der Waals surface area contributed by atoms with Gasteiger partial charge in [-0.15, -0.1) is 0 Å². The van der Waals surface area contributed by atoms with E-state index in [-0.39, 0.29) is 5.82 Å². The second-order valence-electron chi connectivity index (χ2n) is 7.84. The Labute approximate surface area is 149 Å². The average Bonchev–Trinajstić information content (AvgIpc) is 3.26. The molecular formula is C20H28FN3O. The minimum atomic E-state index is -0.196. The molecule has 1 spiro atoms. The second-order valence-corrected chi connectivity index (χ2v) is 7.84. The summed E-state index contributed by atoms with van der Waals surface area (Å²) in [6.45, 7) is 1.61. The van der Waals surface area contributed by atoms with Crippen molar-refractivity contribution in [2.75, 3.05) is 20.7 Å². The number of nitrogens with zero attached hydrogens (tertiary/aromatic N) is 2. The molecule has 3 aliphatic rings. The molecule has 1 aliphatic heterocycles. The molecule has 1 heterocycles. The Bertz CT molecular complexity index is 639. The number of halogens is 1. The Morgan fingerprint density at radius 2 is 2.04 bits per heavy atom. The van der Waals surface area contributed by atoms with Crippen molar-refractivity contribution in [1.82, 2.24) is 10.2 Å². The maximum absolute atomic E-state index is 13.1. The zero-order chi connectivity index (χ0) is 17.4. The van der Waals surface area contributed by atoms with Crippen molar-refractivity contribution in [3.63, 3.8) is 0 Å². The molecular weight excluding hydrogens is 317 g/mol. The van der Waals surface area contributed by atoms with Gasteiger partial charge in [-0.2, -0.15) is 0 Å². The predicted molar refractivity (Wildman–Crippen MR) is 96.9 cm³/mol. The standard InChI is InChI=1S/C20H28FN3O/c1-22-19(24(2)13-14-5-7-15(21)8-6-14)23-17-16-9-12-25-18(16)20(17)10-3-4-11-20/h5-8,16-18H,3-4,9-13H2,1-2H3,(H,22,23). The van der Waals surface area contributed by atoms with Gasteiger partial charge in [0, 0.05) is 44.6 Å². The van der Waals surface area contributed by atoms with Gasteiger partial charge in [-0.05, 0) is 37.0 Å². The van der Waals surface area contributed by atoms with E-state index in [1.807, 2.05) is 26.2 Å². The first kappa shape index (κ1) is 16.8. The molecule has 5 heteroatoms. The molecule has 3 unspecified atom stereocenters. The van der Waals surface area contributed by atoms with Gasteiger partial charge in [-0.25, -0.2) is 4.39 Å². The maximum atomic E-state index is 13.1. The molecule has 3 fully saturated rings. The lowest BCUT2D eigenvalue weighted by molar-refractivity contribution is -0.125. The van der Waals surface area contributed by atoms with E-state index in [4.69, 9.17) is 4.74 Å². The van der Waals surface area contributed by atoms with Crippen molar-refractivity contribution in [1.29, 1.82) is 0 Å². The third-order valence-corrected chi connectivity index (χ3v) is 6.48. The number of nitrogens with one attached hydrogen (secondary N) is 1. The minimum absolute atomic E-state index is 0.196. The quantitative estimate of drug-likeness (QED) is 0.675. The van der Waals surface area contributed by atoms with Crippen molar-refractivity contribution in [2.45, 2.75) is 50.8 Å². The van der Waals surface area contributed by atoms with Crippen LogP contribution in [0, 0.1) is 17.2 Å². The molecule has 0 bridgehead atoms. The highest BCUT2D eigenvalue weighted by Crippen LogP contribution is 2.60. The molecule has 2 aliphatic carbocycles. The van der Waals surface area contributed by atoms with E-state index in [1.54, 1.807) is 0 Å². The SMILES string of the molecule is CN=C(NC1C2CCOC2C12CCCC2)N(C)Cc1ccc(F)cc1. The number of hydrogen-bond donors (Lipinski definition) is 1. The van der Waals surface area contributed by atoms with Gasteiger partial charge in [-0.3, -0.25) is 4.99 Å². The maximum Gasteiger partial charge on any atom is 0.193 e. The molecule has 0 radical (unpaired) electrons. The van der Waals surface area contributed by atoms with Crippen LogP contribution in [0.2, 0.25) is 0 Å². The molecule has 4 nitrogen and oxygen atoms in total. The topological polar surface area (TPSA) is 36.9 Å². The van der Waals surface area contributed by atoms with E-state index in [9.17, 15) is 4.39 Å². The van der Waals surface area contributed by atoms with Gasteiger partial charge >= 0.3 is 0 Å². The van der Waals surface area contributed by atoms with Crippen molar-refractivity contribution in [2.24, 2.45) is 16.3 Å². The van der Waals surface area contributed by atoms with E-state index < -0.39 is 0 Å². The van der Waals surface area contributed by atoms with E-state index in [1.165, 1.54) is 37.8 Å². The van der Waals surface area contributed by atoms with Crippen LogP contribution in [0.4, 0.5) is 4.39 Å². The van der Waals surface area contributed by atoms with Crippen LogP contribution in [0.5, 0.6) is 0 Å². The molecule has 0 amide bonds. The molecule has 25 heavy (non-hydrogen) atoms. The highest BCUT2D eigenvalue weighted by Gasteiger charge is 2.65. The molecule has 1 aromatic carbocycles. The lowest BCUT2D eigenvalue weighted by Crippen LogP contribution is -2.69. The van der Waals surface area contributed by atoms with Gasteiger partial charge in [0.15, 0.2) is 5.96 Å². The summed E-state index contributed by atoms with van der Waals surface area (Å²) in [5, 5.41) is 3.76. The van der Waals surface area contributed by atoms with E-state index in [0.29, 0.717) is 30.0 Å². The van der Waals surface area contributed by atoms with Gasteiger partial charge in [0.1, 0.15) is 5.82 Å². The first-order valence-electron chi connectivity index (χ1n) is 9.44. The van der Waals surface area contributed by atoms with Crippen LogP contribution in [0.3, 0.4) is 0 Å². The van der Waals surface area contributed by atoms with E-state index in [2.05, 4.69) is 15.2 Å². The number of benzene rings is 1. The van der Waals surface area contributed by atoms with Crippen molar-refractivity contribution < 1.29 is 9.13 Å². The van der Waals surface area contributed by atoms with Gasteiger partial charge in [-0.1, -0.05) is 25.0 Å². The van der Waals surface area contributed by atoms with Crippen LogP contribution in [-0.2, 0) is 11.3 Å². The molecule has 3 atom stereocenters. The van der Waals surface area contributed by atoms with Crippen LogP contribution in [0.1, 0.15) is 37.7 Å². The van der Waals surface area contributed by atoms with Crippen molar-refractivity contribution >= 4 is 5.96 Å². The fraction of sp³-hybridized carbons (Fsp3) is 0.650. The van der Waals surface area contributed by atoms with Crippen LogP contribution in [0.15, 0.2) is 29.3 Å². The van der Waals surface area contributed by atoms with Crippen LogP contribution in [-0.4, -0.2) is 43.7 Å². The summed E-state index contributed by atoms with van der Waals surface area (Å²) in [5.74, 6) is 1.35. The average molecular weight is 345 g/mol. The predicted octanol–water partition coefficient (Wildman–Crippen LogP) is 3.18. The van der Waals surface area contributed by atoms with Gasteiger partial charge in [0.05, 0.1) is 6.10 Å². The van der Waals surface area contributed by atoms with Crippen LogP contribution < -0.4 is 5.32 Å². The summed E-state index contributed by atoms with van der Waals surface area (Å²) in [6, 6.07) is 7.17. The number of fused-ring (bicyclic) bond motifs is 2. The third-order valence-electron chi connectivity index (χ3n) is 6.48. The number of guanidine groups is 1. The third kappa shape index (κ3) is 2.82. The summed E-state index contributed by atoms with van der Waals surface area (Å²) >= 11 is 0. The summed E-state index contributed by atoms with van der Waals surface area (Å²) < 4.78 is 19.2. The zero-order valence-electron chi connectivity index (χ0n) is 15.2. The first-order valence-corrected chi connectivity index (χ1v) is 9.44. The van der Waals surface area contributed by atoms with Crippen LogP contribution >= 0.6 is 0 Å². The largest absolute Gasteiger partial charge is 0.377 e. The fourth-order valence-electron chi connectivity index (χ4n) is 5.33. The number of aliphatic imine (C=N–C) groups is 1. The molecule has 1 aromatic rings. The van der Waals surface area contributed by atoms with Crippen LogP contribution in [0.25, 0.3) is 0 Å². The molecule has 2 saturated carbocycles. The first-order chi connectivity index (χ1) is 12.1. The number of ether oxygens (including phenoxy) is 1. The highest BCUT2D eigenvalue weighted by atomic mass is 19.1. The van der Waals surface area contributed by atoms with Gasteiger partial charge < -0.3 is 15.0 Å². The molecule has 0 aromatic heterocycles.